The van der Waals surface area contributed by atoms with Crippen LogP contribution in [-0.4, -0.2) is 39.8 Å². The lowest BCUT2D eigenvalue weighted by Gasteiger charge is -2.11. The molecule has 0 fully saturated rings. The van der Waals surface area contributed by atoms with E-state index in [2.05, 4.69) is 20.1 Å². The van der Waals surface area contributed by atoms with Crippen molar-refractivity contribution >= 4 is 17.1 Å². The van der Waals surface area contributed by atoms with Crippen molar-refractivity contribution in [1.82, 2.24) is 33.9 Å². The summed E-state index contributed by atoms with van der Waals surface area (Å²) in [6.07, 6.45) is 1.87. The second kappa shape index (κ2) is 11.0. The third-order valence-electron chi connectivity index (χ3n) is 6.12. The smallest absolute Gasteiger partial charge is 0.416 e. The van der Waals surface area contributed by atoms with Crippen molar-refractivity contribution in [3.05, 3.63) is 94.1 Å². The van der Waals surface area contributed by atoms with Gasteiger partial charge in [-0.3, -0.25) is 23.6 Å². The minimum Gasteiger partial charge on any atom is -0.440 e. The van der Waals surface area contributed by atoms with Crippen LogP contribution in [0.5, 0.6) is 0 Å². The molecule has 0 saturated heterocycles. The fourth-order valence-corrected chi connectivity index (χ4v) is 4.27. The van der Waals surface area contributed by atoms with Crippen LogP contribution in [0.25, 0.3) is 22.6 Å². The zero-order valence-electron chi connectivity index (χ0n) is 21.5. The number of nitriles is 1. The van der Waals surface area contributed by atoms with Crippen molar-refractivity contribution in [2.24, 2.45) is 0 Å². The van der Waals surface area contributed by atoms with Crippen LogP contribution in [0.3, 0.4) is 0 Å². The van der Waals surface area contributed by atoms with Crippen LogP contribution in [0.15, 0.2) is 66.0 Å². The minimum absolute atomic E-state index is 0.0112. The molecule has 41 heavy (non-hydrogen) atoms. The molecular weight excluding hydrogens is 541 g/mol. The highest BCUT2D eigenvalue weighted by atomic mass is 19.4. The number of halogens is 3. The quantitative estimate of drug-likeness (QED) is 0.259. The molecule has 0 amide bonds. The molecule has 0 saturated carbocycles. The molecule has 208 valence electrons. The summed E-state index contributed by atoms with van der Waals surface area (Å²) in [6.45, 7) is 1.68. The molecule has 0 radical (unpaired) electrons. The van der Waals surface area contributed by atoms with Crippen LogP contribution < -0.4 is 5.56 Å². The van der Waals surface area contributed by atoms with Crippen molar-refractivity contribution in [3.8, 4) is 17.5 Å². The Balaban J connectivity index is 1.56. The van der Waals surface area contributed by atoms with E-state index in [4.69, 9.17) is 4.74 Å². The number of hydrogen-bond acceptors (Lipinski definition) is 8. The summed E-state index contributed by atoms with van der Waals surface area (Å²) in [6, 6.07) is 9.90. The van der Waals surface area contributed by atoms with Crippen molar-refractivity contribution < 1.29 is 22.7 Å². The van der Waals surface area contributed by atoms with Crippen LogP contribution in [0, 0.1) is 11.3 Å². The first-order chi connectivity index (χ1) is 19.7. The summed E-state index contributed by atoms with van der Waals surface area (Å²) in [5.41, 5.74) is -0.388. The van der Waals surface area contributed by atoms with E-state index in [1.54, 1.807) is 12.1 Å². The van der Waals surface area contributed by atoms with E-state index in [0.29, 0.717) is 17.5 Å². The molecule has 0 N–H and O–H groups in total. The molecule has 5 rings (SSSR count). The number of pyridine rings is 1. The number of nitrogens with zero attached hydrogens (tertiary/aromatic N) is 8. The number of esters is 1. The summed E-state index contributed by atoms with van der Waals surface area (Å²) in [5, 5.41) is 13.8. The van der Waals surface area contributed by atoms with Gasteiger partial charge in [0, 0.05) is 25.1 Å². The molecule has 14 heteroatoms. The number of fused-ring (bicyclic) bond motifs is 1. The van der Waals surface area contributed by atoms with Crippen LogP contribution in [0.4, 0.5) is 13.2 Å². The van der Waals surface area contributed by atoms with Crippen LogP contribution >= 0.6 is 0 Å². The Morgan fingerprint density at radius 1 is 1.12 bits per heavy atom. The molecule has 4 aromatic heterocycles. The SMILES string of the molecule is CCCn1c(C#N)nc2nc(-c3cnn(Cc4cccc(C(F)(F)F)c4)c3)n(COC(=O)c3cccnc3)c2c1=O. The normalized spacial score (nSPS) is 11.5. The van der Waals surface area contributed by atoms with E-state index in [9.17, 15) is 28.0 Å². The minimum atomic E-state index is -4.48. The van der Waals surface area contributed by atoms with Crippen molar-refractivity contribution in [2.75, 3.05) is 0 Å². The number of aromatic nitrogens is 7. The highest BCUT2D eigenvalue weighted by molar-refractivity contribution is 5.89. The first-order valence-corrected chi connectivity index (χ1v) is 12.4. The number of imidazole rings is 1. The van der Waals surface area contributed by atoms with Gasteiger partial charge < -0.3 is 4.74 Å². The number of rotatable bonds is 8. The Labute approximate surface area is 230 Å². The predicted molar refractivity (Wildman–Crippen MR) is 138 cm³/mol. The molecule has 0 unspecified atom stereocenters. The van der Waals surface area contributed by atoms with E-state index in [-0.39, 0.29) is 41.5 Å². The maximum Gasteiger partial charge on any atom is 0.416 e. The lowest BCUT2D eigenvalue weighted by atomic mass is 10.1. The second-order valence-corrected chi connectivity index (χ2v) is 8.97. The van der Waals surface area contributed by atoms with E-state index in [1.807, 2.05) is 13.0 Å². The molecule has 0 aliphatic carbocycles. The number of benzene rings is 1. The Bertz CT molecular complexity index is 1830. The zero-order chi connectivity index (χ0) is 29.1. The van der Waals surface area contributed by atoms with Crippen LogP contribution in [0.1, 0.15) is 40.7 Å². The molecule has 0 atom stereocenters. The Morgan fingerprint density at radius 2 is 1.95 bits per heavy atom. The maximum atomic E-state index is 13.5. The van der Waals surface area contributed by atoms with Gasteiger partial charge in [-0.1, -0.05) is 19.1 Å². The first kappa shape index (κ1) is 27.3. The monoisotopic (exact) mass is 562 g/mol. The van der Waals surface area contributed by atoms with E-state index in [1.165, 1.54) is 50.7 Å². The van der Waals surface area contributed by atoms with Gasteiger partial charge >= 0.3 is 12.1 Å². The molecule has 5 aromatic rings. The lowest BCUT2D eigenvalue weighted by Crippen LogP contribution is -2.26. The number of alkyl halides is 3. The topological polar surface area (TPSA) is 134 Å². The molecular formula is C27H21F3N8O3. The fraction of sp³-hybridized carbons (Fsp3) is 0.222. The Hall–Kier alpha value is -5.32. The average Bonchev–Trinajstić information content (AvgIpc) is 3.57. The van der Waals surface area contributed by atoms with Gasteiger partial charge in [-0.25, -0.2) is 9.78 Å². The third kappa shape index (κ3) is 5.55. The molecule has 4 heterocycles. The largest absolute Gasteiger partial charge is 0.440 e. The van der Waals surface area contributed by atoms with Gasteiger partial charge in [-0.05, 0) is 36.2 Å². The van der Waals surface area contributed by atoms with Gasteiger partial charge in [0.1, 0.15) is 11.9 Å². The summed E-state index contributed by atoms with van der Waals surface area (Å²) in [7, 11) is 0. The third-order valence-corrected chi connectivity index (χ3v) is 6.12. The summed E-state index contributed by atoms with van der Waals surface area (Å²) in [4.78, 5) is 38.7. The van der Waals surface area contributed by atoms with Gasteiger partial charge in [0.15, 0.2) is 17.9 Å². The van der Waals surface area contributed by atoms with Crippen LogP contribution in [0.2, 0.25) is 0 Å². The number of carbonyl (C=O) groups is 1. The zero-order valence-corrected chi connectivity index (χ0v) is 21.5. The highest BCUT2D eigenvalue weighted by Gasteiger charge is 2.30. The maximum absolute atomic E-state index is 13.5. The number of hydrogen-bond donors (Lipinski definition) is 0. The lowest BCUT2D eigenvalue weighted by molar-refractivity contribution is -0.137. The van der Waals surface area contributed by atoms with Crippen molar-refractivity contribution in [3.63, 3.8) is 0 Å². The van der Waals surface area contributed by atoms with Gasteiger partial charge in [0.2, 0.25) is 5.82 Å². The standard InChI is InChI=1S/C27H21F3N8O3/c1-2-9-37-21(11-31)34-23-22(25(37)39)38(16-41-26(40)18-6-4-8-32-12-18)24(35-23)19-13-33-36(15-19)14-17-5-3-7-20(10-17)27(28,29)30/h3-8,10,12-13,15H,2,9,14,16H2,1H3. The molecule has 0 spiro atoms. The van der Waals surface area contributed by atoms with Crippen molar-refractivity contribution in [1.29, 1.82) is 5.26 Å². The van der Waals surface area contributed by atoms with Crippen molar-refractivity contribution in [2.45, 2.75) is 39.3 Å². The van der Waals surface area contributed by atoms with E-state index in [0.717, 1.165) is 12.1 Å². The van der Waals surface area contributed by atoms with Gasteiger partial charge in [0.25, 0.3) is 5.56 Å². The van der Waals surface area contributed by atoms with Gasteiger partial charge in [0.05, 0.1) is 29.4 Å². The molecule has 0 aliphatic heterocycles. The predicted octanol–water partition coefficient (Wildman–Crippen LogP) is 4.01. The molecule has 1 aromatic carbocycles. The fourth-order valence-electron chi connectivity index (χ4n) is 4.27. The van der Waals surface area contributed by atoms with E-state index >= 15 is 0 Å². The second-order valence-electron chi connectivity index (χ2n) is 8.97. The number of ether oxygens (including phenoxy) is 1. The first-order valence-electron chi connectivity index (χ1n) is 12.4. The Morgan fingerprint density at radius 3 is 2.66 bits per heavy atom. The summed E-state index contributed by atoms with van der Waals surface area (Å²) < 4.78 is 48.9. The molecule has 0 bridgehead atoms. The van der Waals surface area contributed by atoms with Crippen LogP contribution in [-0.2, 0) is 30.7 Å². The highest BCUT2D eigenvalue weighted by Crippen LogP contribution is 2.30. The average molecular weight is 563 g/mol. The summed E-state index contributed by atoms with van der Waals surface area (Å²) in [5.74, 6) is -0.646. The Kier molecular flexibility index (Phi) is 7.34. The molecule has 0 aliphatic rings. The van der Waals surface area contributed by atoms with Gasteiger partial charge in [-0.2, -0.15) is 28.5 Å². The van der Waals surface area contributed by atoms with E-state index < -0.39 is 30.0 Å². The summed E-state index contributed by atoms with van der Waals surface area (Å²) >= 11 is 0. The van der Waals surface area contributed by atoms with Gasteiger partial charge in [-0.15, -0.1) is 0 Å². The molecule has 11 nitrogen and oxygen atoms in total. The number of carbonyl (C=O) groups excluding carboxylic acids is 1.